The standard InChI is InChI=1S/C13H16N4/c1-2-17-9-15-16-13(17)11-5-3-7-12-10(11)6-4-8-14-12/h3,5,7,9,14H,2,4,6,8H2,1H3. The lowest BCUT2D eigenvalue weighted by Crippen LogP contribution is -2.13. The van der Waals surface area contributed by atoms with Crippen LogP contribution in [0.1, 0.15) is 18.9 Å². The minimum atomic E-state index is 0.902. The largest absolute Gasteiger partial charge is 0.385 e. The van der Waals surface area contributed by atoms with Crippen molar-refractivity contribution in [3.8, 4) is 11.4 Å². The lowest BCUT2D eigenvalue weighted by atomic mass is 9.97. The van der Waals surface area contributed by atoms with Gasteiger partial charge in [-0.15, -0.1) is 10.2 Å². The summed E-state index contributed by atoms with van der Waals surface area (Å²) in [5.74, 6) is 0.980. The number of fused-ring (bicyclic) bond motifs is 1. The lowest BCUT2D eigenvalue weighted by molar-refractivity contribution is 0.763. The molecule has 1 aromatic carbocycles. The average Bonchev–Trinajstić information content (AvgIpc) is 2.86. The van der Waals surface area contributed by atoms with Gasteiger partial charge in [-0.05, 0) is 31.4 Å². The topological polar surface area (TPSA) is 42.7 Å². The van der Waals surface area contributed by atoms with Crippen molar-refractivity contribution in [1.82, 2.24) is 14.8 Å². The molecule has 0 unspecified atom stereocenters. The molecule has 0 bridgehead atoms. The predicted molar refractivity (Wildman–Crippen MR) is 67.9 cm³/mol. The molecule has 3 rings (SSSR count). The van der Waals surface area contributed by atoms with Crippen LogP contribution in [0.15, 0.2) is 24.5 Å². The number of rotatable bonds is 2. The van der Waals surface area contributed by atoms with Crippen molar-refractivity contribution in [2.75, 3.05) is 11.9 Å². The maximum absolute atomic E-state index is 4.25. The number of benzene rings is 1. The van der Waals surface area contributed by atoms with E-state index in [4.69, 9.17) is 0 Å². The van der Waals surface area contributed by atoms with E-state index >= 15 is 0 Å². The Hall–Kier alpha value is -1.84. The van der Waals surface area contributed by atoms with Crippen molar-refractivity contribution in [1.29, 1.82) is 0 Å². The Balaban J connectivity index is 2.14. The fraction of sp³-hybridized carbons (Fsp3) is 0.385. The fourth-order valence-corrected chi connectivity index (χ4v) is 2.41. The van der Waals surface area contributed by atoms with Gasteiger partial charge in [0.25, 0.3) is 0 Å². The summed E-state index contributed by atoms with van der Waals surface area (Å²) >= 11 is 0. The second kappa shape index (κ2) is 4.20. The third kappa shape index (κ3) is 1.69. The summed E-state index contributed by atoms with van der Waals surface area (Å²) in [6.07, 6.45) is 4.10. The second-order valence-electron chi connectivity index (χ2n) is 4.30. The third-order valence-electron chi connectivity index (χ3n) is 3.29. The minimum absolute atomic E-state index is 0.902. The first-order valence-electron chi connectivity index (χ1n) is 6.14. The van der Waals surface area contributed by atoms with Crippen LogP contribution in [0.5, 0.6) is 0 Å². The lowest BCUT2D eigenvalue weighted by Gasteiger charge is -2.20. The molecule has 1 N–H and O–H groups in total. The van der Waals surface area contributed by atoms with E-state index in [-0.39, 0.29) is 0 Å². The number of nitrogens with one attached hydrogen (secondary N) is 1. The zero-order valence-corrected chi connectivity index (χ0v) is 9.98. The van der Waals surface area contributed by atoms with E-state index < -0.39 is 0 Å². The summed E-state index contributed by atoms with van der Waals surface area (Å²) in [4.78, 5) is 0. The predicted octanol–water partition coefficient (Wildman–Crippen LogP) is 2.32. The van der Waals surface area contributed by atoms with E-state index in [1.807, 2.05) is 0 Å². The van der Waals surface area contributed by atoms with Crippen molar-refractivity contribution >= 4 is 5.69 Å². The van der Waals surface area contributed by atoms with Gasteiger partial charge in [0.1, 0.15) is 6.33 Å². The fourth-order valence-electron chi connectivity index (χ4n) is 2.41. The van der Waals surface area contributed by atoms with Gasteiger partial charge in [-0.25, -0.2) is 0 Å². The number of aryl methyl sites for hydroxylation is 1. The quantitative estimate of drug-likeness (QED) is 0.857. The summed E-state index contributed by atoms with van der Waals surface area (Å²) in [5, 5.41) is 11.7. The highest BCUT2D eigenvalue weighted by molar-refractivity contribution is 5.70. The maximum Gasteiger partial charge on any atom is 0.164 e. The highest BCUT2D eigenvalue weighted by Gasteiger charge is 2.16. The highest BCUT2D eigenvalue weighted by Crippen LogP contribution is 2.31. The molecule has 4 heteroatoms. The van der Waals surface area contributed by atoms with E-state index in [0.29, 0.717) is 0 Å². The van der Waals surface area contributed by atoms with Crippen LogP contribution in [-0.4, -0.2) is 21.3 Å². The van der Waals surface area contributed by atoms with E-state index in [9.17, 15) is 0 Å². The molecular formula is C13H16N4. The summed E-state index contributed by atoms with van der Waals surface area (Å²) in [5.41, 5.74) is 3.84. The molecule has 0 spiro atoms. The molecule has 0 radical (unpaired) electrons. The van der Waals surface area contributed by atoms with E-state index in [2.05, 4.69) is 45.2 Å². The third-order valence-corrected chi connectivity index (χ3v) is 3.29. The molecule has 0 fully saturated rings. The summed E-state index contributed by atoms with van der Waals surface area (Å²) in [6, 6.07) is 6.37. The Morgan fingerprint density at radius 1 is 1.41 bits per heavy atom. The van der Waals surface area contributed by atoms with Gasteiger partial charge in [-0.1, -0.05) is 12.1 Å². The molecule has 0 saturated carbocycles. The summed E-state index contributed by atoms with van der Waals surface area (Å²) in [7, 11) is 0. The molecular weight excluding hydrogens is 212 g/mol. The van der Waals surface area contributed by atoms with Gasteiger partial charge in [-0.2, -0.15) is 0 Å². The molecule has 2 heterocycles. The second-order valence-corrected chi connectivity index (χ2v) is 4.30. The first kappa shape index (κ1) is 10.3. The van der Waals surface area contributed by atoms with Crippen molar-refractivity contribution in [3.05, 3.63) is 30.1 Å². The average molecular weight is 228 g/mol. The molecule has 2 aromatic rings. The van der Waals surface area contributed by atoms with Crippen LogP contribution in [0.2, 0.25) is 0 Å². The Bertz CT molecular complexity index is 530. The van der Waals surface area contributed by atoms with E-state index in [0.717, 1.165) is 25.3 Å². The zero-order chi connectivity index (χ0) is 11.7. The SMILES string of the molecule is CCn1cnnc1-c1cccc2c1CCCN2. The van der Waals surface area contributed by atoms with Gasteiger partial charge in [0.2, 0.25) is 0 Å². The molecule has 4 nitrogen and oxygen atoms in total. The van der Waals surface area contributed by atoms with Gasteiger partial charge >= 0.3 is 0 Å². The molecule has 0 saturated heterocycles. The van der Waals surface area contributed by atoms with Crippen molar-refractivity contribution < 1.29 is 0 Å². The number of aromatic nitrogens is 3. The van der Waals surface area contributed by atoms with Crippen molar-refractivity contribution in [2.24, 2.45) is 0 Å². The van der Waals surface area contributed by atoms with Gasteiger partial charge < -0.3 is 9.88 Å². The van der Waals surface area contributed by atoms with Gasteiger partial charge in [0, 0.05) is 24.3 Å². The molecule has 0 atom stereocenters. The van der Waals surface area contributed by atoms with Gasteiger partial charge in [0.05, 0.1) is 0 Å². The summed E-state index contributed by atoms with van der Waals surface area (Å²) < 4.78 is 2.09. The molecule has 1 aromatic heterocycles. The minimum Gasteiger partial charge on any atom is -0.385 e. The number of anilines is 1. The van der Waals surface area contributed by atoms with Gasteiger partial charge in [-0.3, -0.25) is 0 Å². The monoisotopic (exact) mass is 228 g/mol. The number of hydrogen-bond donors (Lipinski definition) is 1. The number of nitrogens with zero attached hydrogens (tertiary/aromatic N) is 3. The Kier molecular flexibility index (Phi) is 2.55. The Morgan fingerprint density at radius 3 is 3.24 bits per heavy atom. The van der Waals surface area contributed by atoms with Crippen LogP contribution in [0.25, 0.3) is 11.4 Å². The Labute approximate surface area is 101 Å². The van der Waals surface area contributed by atoms with E-state index in [1.54, 1.807) is 6.33 Å². The van der Waals surface area contributed by atoms with E-state index in [1.165, 1.54) is 23.2 Å². The highest BCUT2D eigenvalue weighted by atomic mass is 15.3. The Morgan fingerprint density at radius 2 is 2.35 bits per heavy atom. The smallest absolute Gasteiger partial charge is 0.164 e. The van der Waals surface area contributed by atoms with Crippen LogP contribution >= 0.6 is 0 Å². The van der Waals surface area contributed by atoms with Crippen LogP contribution in [-0.2, 0) is 13.0 Å². The van der Waals surface area contributed by atoms with Crippen LogP contribution in [0.4, 0.5) is 5.69 Å². The molecule has 1 aliphatic heterocycles. The molecule has 1 aliphatic rings. The van der Waals surface area contributed by atoms with Crippen LogP contribution < -0.4 is 5.32 Å². The normalized spacial score (nSPS) is 14.2. The maximum atomic E-state index is 4.25. The zero-order valence-electron chi connectivity index (χ0n) is 9.98. The number of hydrogen-bond acceptors (Lipinski definition) is 3. The van der Waals surface area contributed by atoms with Crippen LogP contribution in [0, 0.1) is 0 Å². The molecule has 88 valence electrons. The van der Waals surface area contributed by atoms with Gasteiger partial charge in [0.15, 0.2) is 5.82 Å². The van der Waals surface area contributed by atoms with Crippen LogP contribution in [0.3, 0.4) is 0 Å². The van der Waals surface area contributed by atoms with Crippen molar-refractivity contribution in [2.45, 2.75) is 26.3 Å². The molecule has 17 heavy (non-hydrogen) atoms. The summed E-state index contributed by atoms with van der Waals surface area (Å²) in [6.45, 7) is 4.08. The first-order valence-corrected chi connectivity index (χ1v) is 6.14. The van der Waals surface area contributed by atoms with Crippen molar-refractivity contribution in [3.63, 3.8) is 0 Å². The first-order chi connectivity index (χ1) is 8.40. The molecule has 0 aliphatic carbocycles. The molecule has 0 amide bonds.